The number of nitro benzene ring substituents is 3. The van der Waals surface area contributed by atoms with Gasteiger partial charge in [0.2, 0.25) is 0 Å². The Kier molecular flexibility index (Phi) is 4.72. The Hall–Kier alpha value is -2.27. The fourth-order valence-corrected chi connectivity index (χ4v) is 2.10. The van der Waals surface area contributed by atoms with Crippen molar-refractivity contribution in [3.63, 3.8) is 0 Å². The summed E-state index contributed by atoms with van der Waals surface area (Å²) < 4.78 is 0. The fraction of sp³-hybridized carbons (Fsp3) is 0.250. The Morgan fingerprint density at radius 3 is 1.74 bits per heavy atom. The van der Waals surface area contributed by atoms with Crippen molar-refractivity contribution >= 4 is 28.8 Å². The third-order valence-electron chi connectivity index (χ3n) is 1.97. The second-order valence-electron chi connectivity index (χ2n) is 3.14. The zero-order valence-electron chi connectivity index (χ0n) is 9.18. The van der Waals surface area contributed by atoms with E-state index in [1.165, 1.54) is 0 Å². The smallest absolute Gasteiger partial charge is 0.258 e. The normalized spacial score (nSPS) is 10.2. The Bertz CT molecular complexity index is 512. The minimum absolute atomic E-state index is 0.112. The molecule has 19 heavy (non-hydrogen) atoms. The first kappa shape index (κ1) is 14.8. The molecule has 0 saturated heterocycles. The molecular formula is C8H6N3O7S. The average Bonchev–Trinajstić information content (AvgIpc) is 2.34. The van der Waals surface area contributed by atoms with Crippen LogP contribution in [0.2, 0.25) is 0 Å². The first-order valence-corrected chi connectivity index (χ1v) is 5.69. The summed E-state index contributed by atoms with van der Waals surface area (Å²) in [5.74, 6) is -0.112. The van der Waals surface area contributed by atoms with Crippen molar-refractivity contribution in [3.05, 3.63) is 42.5 Å². The summed E-state index contributed by atoms with van der Waals surface area (Å²) >= 11 is 0.632. The number of non-ortho nitro benzene ring substituents is 1. The van der Waals surface area contributed by atoms with Crippen molar-refractivity contribution in [2.45, 2.75) is 4.90 Å². The molecule has 0 aromatic heterocycles. The van der Waals surface area contributed by atoms with E-state index in [1.54, 1.807) is 0 Å². The van der Waals surface area contributed by atoms with Gasteiger partial charge in [-0.3, -0.25) is 30.3 Å². The van der Waals surface area contributed by atoms with Crippen LogP contribution in [-0.4, -0.2) is 27.1 Å². The molecule has 0 unspecified atom stereocenters. The molecule has 1 aromatic carbocycles. The van der Waals surface area contributed by atoms with Gasteiger partial charge in [0.15, 0.2) is 4.90 Å². The lowest BCUT2D eigenvalue weighted by molar-refractivity contribution is -0.407. The van der Waals surface area contributed by atoms with E-state index in [-0.39, 0.29) is 10.6 Å². The number of thioether (sulfide) groups is 1. The number of hydrogen-bond acceptors (Lipinski definition) is 7. The van der Waals surface area contributed by atoms with E-state index >= 15 is 0 Å². The predicted molar refractivity (Wildman–Crippen MR) is 62.7 cm³/mol. The van der Waals surface area contributed by atoms with E-state index in [1.807, 2.05) is 0 Å². The van der Waals surface area contributed by atoms with Crippen LogP contribution >= 0.6 is 11.8 Å². The van der Waals surface area contributed by atoms with Crippen LogP contribution in [0.25, 0.3) is 0 Å². The molecule has 11 heteroatoms. The summed E-state index contributed by atoms with van der Waals surface area (Å²) in [6, 6.07) is 1.28. The van der Waals surface area contributed by atoms with E-state index in [2.05, 4.69) is 0 Å². The Morgan fingerprint density at radius 2 is 1.42 bits per heavy atom. The molecule has 1 radical (unpaired) electrons. The molecule has 0 aliphatic carbocycles. The van der Waals surface area contributed by atoms with Gasteiger partial charge in [0, 0.05) is 5.75 Å². The molecule has 0 amide bonds. The van der Waals surface area contributed by atoms with Gasteiger partial charge in [-0.15, -0.1) is 11.8 Å². The van der Waals surface area contributed by atoms with Gasteiger partial charge >= 0.3 is 0 Å². The van der Waals surface area contributed by atoms with Gasteiger partial charge < -0.3 is 0 Å². The maximum absolute atomic E-state index is 10.8. The minimum atomic E-state index is -0.956. The highest BCUT2D eigenvalue weighted by atomic mass is 32.2. The van der Waals surface area contributed by atoms with Crippen molar-refractivity contribution in [1.29, 1.82) is 0 Å². The van der Waals surface area contributed by atoms with E-state index in [9.17, 15) is 35.4 Å². The highest BCUT2D eigenvalue weighted by Crippen LogP contribution is 2.40. The Morgan fingerprint density at radius 1 is 0.947 bits per heavy atom. The molecule has 0 bridgehead atoms. The van der Waals surface area contributed by atoms with Gasteiger partial charge in [0.25, 0.3) is 17.1 Å². The van der Waals surface area contributed by atoms with Crippen LogP contribution in [0.5, 0.6) is 0 Å². The highest BCUT2D eigenvalue weighted by molar-refractivity contribution is 7.99. The van der Waals surface area contributed by atoms with Gasteiger partial charge in [0.05, 0.1) is 33.5 Å². The summed E-state index contributed by atoms with van der Waals surface area (Å²) in [5.41, 5.74) is -2.25. The van der Waals surface area contributed by atoms with Crippen LogP contribution in [0.1, 0.15) is 0 Å². The van der Waals surface area contributed by atoms with Crippen molar-refractivity contribution in [3.8, 4) is 0 Å². The minimum Gasteiger partial charge on any atom is -0.258 e. The monoisotopic (exact) mass is 288 g/mol. The number of rotatable bonds is 6. The zero-order valence-corrected chi connectivity index (χ0v) is 9.99. The summed E-state index contributed by atoms with van der Waals surface area (Å²) in [5, 5.41) is 42.6. The van der Waals surface area contributed by atoms with Gasteiger partial charge in [-0.25, -0.2) is 5.11 Å². The number of hydrogen-bond donors (Lipinski definition) is 0. The first-order valence-electron chi connectivity index (χ1n) is 4.70. The molecule has 0 fully saturated rings. The van der Waals surface area contributed by atoms with Crippen LogP contribution in [0.3, 0.4) is 0 Å². The van der Waals surface area contributed by atoms with E-state index in [0.717, 1.165) is 0 Å². The van der Waals surface area contributed by atoms with Gasteiger partial charge in [-0.2, -0.15) is 0 Å². The molecule has 0 heterocycles. The number of nitrogens with zero attached hydrogens (tertiary/aromatic N) is 3. The van der Waals surface area contributed by atoms with Crippen molar-refractivity contribution in [2.75, 3.05) is 12.4 Å². The van der Waals surface area contributed by atoms with Crippen molar-refractivity contribution in [2.24, 2.45) is 0 Å². The summed E-state index contributed by atoms with van der Waals surface area (Å²) in [7, 11) is 0. The topological polar surface area (TPSA) is 149 Å². The third-order valence-corrected chi connectivity index (χ3v) is 3.05. The van der Waals surface area contributed by atoms with Gasteiger partial charge in [-0.05, 0) is 0 Å². The third kappa shape index (κ3) is 3.35. The van der Waals surface area contributed by atoms with E-state index < -0.39 is 38.4 Å². The standard InChI is InChI=1S/C8H6N3O7S/c12-1-2-19-8-6(10(15)16)3-5(9(13)14)4-7(8)11(17)18/h3-4H,1-2H2. The zero-order chi connectivity index (χ0) is 14.6. The molecule has 0 saturated carbocycles. The SMILES string of the molecule is [O]CCSc1c([N+](=O)[O-])cc([N+](=O)[O-])cc1[N+](=O)[O-]. The van der Waals surface area contributed by atoms with Crippen LogP contribution in [0.4, 0.5) is 17.1 Å². The summed E-state index contributed by atoms with van der Waals surface area (Å²) in [6.45, 7) is -0.587. The van der Waals surface area contributed by atoms with Crippen molar-refractivity contribution < 1.29 is 19.9 Å². The molecule has 0 aliphatic heterocycles. The van der Waals surface area contributed by atoms with Crippen LogP contribution < -0.4 is 0 Å². The molecular weight excluding hydrogens is 282 g/mol. The van der Waals surface area contributed by atoms with E-state index in [4.69, 9.17) is 0 Å². The van der Waals surface area contributed by atoms with Crippen LogP contribution in [-0.2, 0) is 5.11 Å². The maximum atomic E-state index is 10.8. The molecule has 0 N–H and O–H groups in total. The van der Waals surface area contributed by atoms with E-state index in [0.29, 0.717) is 23.9 Å². The Labute approximate surface area is 109 Å². The van der Waals surface area contributed by atoms with Crippen LogP contribution in [0.15, 0.2) is 17.0 Å². The first-order chi connectivity index (χ1) is 8.88. The lowest BCUT2D eigenvalue weighted by Crippen LogP contribution is -2.00. The maximum Gasteiger partial charge on any atom is 0.296 e. The quantitative estimate of drug-likeness (QED) is 0.440. The van der Waals surface area contributed by atoms with Gasteiger partial charge in [-0.1, -0.05) is 0 Å². The highest BCUT2D eigenvalue weighted by Gasteiger charge is 2.30. The van der Waals surface area contributed by atoms with Crippen LogP contribution in [0, 0.1) is 30.3 Å². The fourth-order valence-electron chi connectivity index (χ4n) is 1.25. The largest absolute Gasteiger partial charge is 0.296 e. The molecule has 10 nitrogen and oxygen atoms in total. The lowest BCUT2D eigenvalue weighted by Gasteiger charge is -2.03. The average molecular weight is 288 g/mol. The molecule has 0 spiro atoms. The Balaban J connectivity index is 3.50. The number of benzene rings is 1. The van der Waals surface area contributed by atoms with Crippen molar-refractivity contribution in [1.82, 2.24) is 0 Å². The second kappa shape index (κ2) is 6.06. The predicted octanol–water partition coefficient (Wildman–Crippen LogP) is 1.93. The molecule has 0 aliphatic rings. The summed E-state index contributed by atoms with van der Waals surface area (Å²) in [4.78, 5) is 29.0. The molecule has 1 aromatic rings. The number of nitro groups is 3. The second-order valence-corrected chi connectivity index (χ2v) is 4.24. The summed E-state index contributed by atoms with van der Waals surface area (Å²) in [6.07, 6.45) is 0. The molecule has 101 valence electrons. The van der Waals surface area contributed by atoms with Gasteiger partial charge in [0.1, 0.15) is 0 Å². The molecule has 1 rings (SSSR count). The lowest BCUT2D eigenvalue weighted by atomic mass is 10.2. The molecule has 0 atom stereocenters.